The zero-order valence-corrected chi connectivity index (χ0v) is 11.4. The number of sulfone groups is 1. The Kier molecular flexibility index (Phi) is 5.21. The number of hydrogen-bond donors (Lipinski definition) is 1. The van der Waals surface area contributed by atoms with Crippen LogP contribution < -0.4 is 5.32 Å². The second-order valence-corrected chi connectivity index (χ2v) is 7.52. The molecule has 1 rings (SSSR count). The van der Waals surface area contributed by atoms with Gasteiger partial charge in [-0.2, -0.15) is 0 Å². The highest BCUT2D eigenvalue weighted by Crippen LogP contribution is 2.07. The van der Waals surface area contributed by atoms with Crippen LogP contribution in [0.4, 0.5) is 0 Å². The highest BCUT2D eigenvalue weighted by molar-refractivity contribution is 7.90. The second kappa shape index (κ2) is 5.98. The molecular formula is C11H24N2O2S. The Morgan fingerprint density at radius 1 is 1.19 bits per heavy atom. The number of rotatable bonds is 3. The van der Waals surface area contributed by atoms with Gasteiger partial charge in [-0.1, -0.05) is 13.8 Å². The van der Waals surface area contributed by atoms with E-state index >= 15 is 0 Å². The van der Waals surface area contributed by atoms with Crippen molar-refractivity contribution in [3.8, 4) is 0 Å². The predicted molar refractivity (Wildman–Crippen MR) is 67.3 cm³/mol. The average Bonchev–Trinajstić information content (AvgIpc) is 2.10. The molecule has 2 atom stereocenters. The van der Waals surface area contributed by atoms with E-state index in [1.165, 1.54) is 6.26 Å². The van der Waals surface area contributed by atoms with E-state index in [1.807, 2.05) is 0 Å². The molecule has 0 radical (unpaired) electrons. The van der Waals surface area contributed by atoms with Crippen LogP contribution in [0.2, 0.25) is 0 Å². The molecule has 0 bridgehead atoms. The van der Waals surface area contributed by atoms with E-state index in [1.54, 1.807) is 0 Å². The summed E-state index contributed by atoms with van der Waals surface area (Å²) in [5.41, 5.74) is 0. The highest BCUT2D eigenvalue weighted by Gasteiger charge is 2.18. The van der Waals surface area contributed by atoms with Gasteiger partial charge in [-0.15, -0.1) is 0 Å². The summed E-state index contributed by atoms with van der Waals surface area (Å²) in [4.78, 5) is 2.29. The van der Waals surface area contributed by atoms with Crippen LogP contribution in [0, 0.1) is 11.8 Å². The van der Waals surface area contributed by atoms with Crippen molar-refractivity contribution in [1.29, 1.82) is 0 Å². The van der Waals surface area contributed by atoms with Gasteiger partial charge in [0, 0.05) is 25.9 Å². The molecule has 0 aliphatic carbocycles. The van der Waals surface area contributed by atoms with Crippen LogP contribution in [-0.4, -0.2) is 58.1 Å². The maximum absolute atomic E-state index is 11.2. The van der Waals surface area contributed by atoms with Crippen LogP contribution in [0.3, 0.4) is 0 Å². The molecule has 0 aromatic heterocycles. The second-order valence-electron chi connectivity index (χ2n) is 5.26. The number of nitrogens with one attached hydrogen (secondary N) is 1. The van der Waals surface area contributed by atoms with E-state index in [0.29, 0.717) is 18.4 Å². The van der Waals surface area contributed by atoms with Gasteiger partial charge in [0.2, 0.25) is 0 Å². The Labute approximate surface area is 99.3 Å². The fourth-order valence-corrected chi connectivity index (χ4v) is 2.73. The molecule has 1 heterocycles. The molecular weight excluding hydrogens is 224 g/mol. The summed E-state index contributed by atoms with van der Waals surface area (Å²) < 4.78 is 22.3. The Balaban J connectivity index is 2.47. The summed E-state index contributed by atoms with van der Waals surface area (Å²) >= 11 is 0. The number of hydrogen-bond acceptors (Lipinski definition) is 4. The summed E-state index contributed by atoms with van der Waals surface area (Å²) in [5, 5.41) is 3.43. The maximum atomic E-state index is 11.2. The first kappa shape index (κ1) is 13.9. The van der Waals surface area contributed by atoms with Gasteiger partial charge in [-0.25, -0.2) is 8.42 Å². The SMILES string of the molecule is CC1CNCC(C)CN(CCS(C)(=O)=O)C1. The molecule has 2 unspecified atom stereocenters. The predicted octanol–water partition coefficient (Wildman–Crippen LogP) is 0.208. The van der Waals surface area contributed by atoms with Gasteiger partial charge in [0.05, 0.1) is 5.75 Å². The smallest absolute Gasteiger partial charge is 0.148 e. The van der Waals surface area contributed by atoms with Gasteiger partial charge < -0.3 is 10.2 Å². The molecule has 1 aliphatic heterocycles. The molecule has 0 aromatic carbocycles. The molecule has 16 heavy (non-hydrogen) atoms. The summed E-state index contributed by atoms with van der Waals surface area (Å²) in [6, 6.07) is 0. The van der Waals surface area contributed by atoms with Crippen molar-refractivity contribution in [3.63, 3.8) is 0 Å². The molecule has 4 nitrogen and oxygen atoms in total. The lowest BCUT2D eigenvalue weighted by atomic mass is 10.1. The third kappa shape index (κ3) is 5.82. The monoisotopic (exact) mass is 248 g/mol. The van der Waals surface area contributed by atoms with Crippen LogP contribution in [0.5, 0.6) is 0 Å². The first-order valence-corrected chi connectivity index (χ1v) is 8.03. The van der Waals surface area contributed by atoms with Crippen molar-refractivity contribution >= 4 is 9.84 Å². The molecule has 0 aromatic rings. The zero-order chi connectivity index (χ0) is 12.2. The average molecular weight is 248 g/mol. The first-order chi connectivity index (χ1) is 7.37. The molecule has 5 heteroatoms. The van der Waals surface area contributed by atoms with Gasteiger partial charge >= 0.3 is 0 Å². The van der Waals surface area contributed by atoms with Gasteiger partial charge in [0.1, 0.15) is 9.84 Å². The Bertz CT molecular complexity index is 291. The lowest BCUT2D eigenvalue weighted by Crippen LogP contribution is -2.44. The maximum Gasteiger partial charge on any atom is 0.148 e. The lowest BCUT2D eigenvalue weighted by molar-refractivity contribution is 0.195. The van der Waals surface area contributed by atoms with Crippen LogP contribution in [0.15, 0.2) is 0 Å². The van der Waals surface area contributed by atoms with Crippen molar-refractivity contribution in [2.75, 3.05) is 44.7 Å². The molecule has 1 saturated heterocycles. The molecule has 1 aliphatic rings. The van der Waals surface area contributed by atoms with Crippen molar-refractivity contribution in [2.24, 2.45) is 11.8 Å². The molecule has 1 fully saturated rings. The van der Waals surface area contributed by atoms with E-state index in [2.05, 4.69) is 24.1 Å². The van der Waals surface area contributed by atoms with Crippen molar-refractivity contribution in [3.05, 3.63) is 0 Å². The molecule has 0 amide bonds. The van der Waals surface area contributed by atoms with E-state index in [4.69, 9.17) is 0 Å². The summed E-state index contributed by atoms with van der Waals surface area (Å²) in [6.45, 7) is 9.12. The fraction of sp³-hybridized carbons (Fsp3) is 1.00. The summed E-state index contributed by atoms with van der Waals surface area (Å²) in [5.74, 6) is 1.46. The van der Waals surface area contributed by atoms with Crippen LogP contribution in [-0.2, 0) is 9.84 Å². The van der Waals surface area contributed by atoms with Crippen molar-refractivity contribution in [1.82, 2.24) is 10.2 Å². The van der Waals surface area contributed by atoms with E-state index in [9.17, 15) is 8.42 Å². The minimum Gasteiger partial charge on any atom is -0.316 e. The minimum absolute atomic E-state index is 0.278. The molecule has 96 valence electrons. The van der Waals surface area contributed by atoms with Crippen molar-refractivity contribution < 1.29 is 8.42 Å². The van der Waals surface area contributed by atoms with Gasteiger partial charge in [0.25, 0.3) is 0 Å². The van der Waals surface area contributed by atoms with Crippen LogP contribution in [0.1, 0.15) is 13.8 Å². The molecule has 1 N–H and O–H groups in total. The summed E-state index contributed by atoms with van der Waals surface area (Å²) in [6.07, 6.45) is 1.31. The standard InChI is InChI=1S/C11H24N2O2S/c1-10-6-12-7-11(2)9-13(8-10)4-5-16(3,14)15/h10-12H,4-9H2,1-3H3. The van der Waals surface area contributed by atoms with E-state index in [0.717, 1.165) is 26.2 Å². The van der Waals surface area contributed by atoms with Crippen LogP contribution in [0.25, 0.3) is 0 Å². The van der Waals surface area contributed by atoms with Gasteiger partial charge in [0.15, 0.2) is 0 Å². The minimum atomic E-state index is -2.84. The third-order valence-electron chi connectivity index (χ3n) is 2.90. The quantitative estimate of drug-likeness (QED) is 0.775. The van der Waals surface area contributed by atoms with E-state index < -0.39 is 9.84 Å². The summed E-state index contributed by atoms with van der Waals surface area (Å²) in [7, 11) is -2.84. The Morgan fingerprint density at radius 3 is 2.12 bits per heavy atom. The zero-order valence-electron chi connectivity index (χ0n) is 10.6. The third-order valence-corrected chi connectivity index (χ3v) is 3.83. The van der Waals surface area contributed by atoms with Crippen molar-refractivity contribution in [2.45, 2.75) is 13.8 Å². The topological polar surface area (TPSA) is 49.4 Å². The Hall–Kier alpha value is -0.130. The fourth-order valence-electron chi connectivity index (χ4n) is 2.14. The first-order valence-electron chi connectivity index (χ1n) is 5.97. The lowest BCUT2D eigenvalue weighted by Gasteiger charge is -2.31. The highest BCUT2D eigenvalue weighted by atomic mass is 32.2. The molecule has 0 saturated carbocycles. The van der Waals surface area contributed by atoms with Gasteiger partial charge in [-0.3, -0.25) is 0 Å². The molecule has 0 spiro atoms. The van der Waals surface area contributed by atoms with E-state index in [-0.39, 0.29) is 5.75 Å². The largest absolute Gasteiger partial charge is 0.316 e. The Morgan fingerprint density at radius 2 is 1.69 bits per heavy atom. The van der Waals surface area contributed by atoms with Crippen LogP contribution >= 0.6 is 0 Å². The van der Waals surface area contributed by atoms with Gasteiger partial charge in [-0.05, 0) is 24.9 Å². The normalized spacial score (nSPS) is 29.7. The number of nitrogens with zero attached hydrogens (tertiary/aromatic N) is 1.